The Hall–Kier alpha value is -0.330. The molecule has 0 saturated heterocycles. The van der Waals surface area contributed by atoms with Crippen molar-refractivity contribution < 1.29 is 4.79 Å². The molecule has 0 aromatic heterocycles. The van der Waals surface area contributed by atoms with Crippen LogP contribution in [-0.4, -0.2) is 5.78 Å². The van der Waals surface area contributed by atoms with Crippen LogP contribution in [0.3, 0.4) is 0 Å². The van der Waals surface area contributed by atoms with Gasteiger partial charge in [0.2, 0.25) is 0 Å². The molecule has 2 saturated carbocycles. The fourth-order valence-corrected chi connectivity index (χ4v) is 6.54. The van der Waals surface area contributed by atoms with Crippen LogP contribution in [0.1, 0.15) is 99.3 Å². The highest BCUT2D eigenvalue weighted by atomic mass is 16.1. The van der Waals surface area contributed by atoms with Crippen molar-refractivity contribution in [2.24, 2.45) is 40.9 Å². The summed E-state index contributed by atoms with van der Waals surface area (Å²) in [6.45, 7) is 13.9. The Morgan fingerprint density at radius 3 is 2.42 bits per heavy atom. The Balaban J connectivity index is 2.09. The number of carbonyl (C=O) groups excluding carboxylic acids is 1. The SMILES string of the molecule is CCC1C(C(C)CCCC(C)C)CCC2(C)C(C(C)=O)CCCC12. The molecule has 2 rings (SSSR count). The van der Waals surface area contributed by atoms with Crippen LogP contribution in [0.25, 0.3) is 0 Å². The summed E-state index contributed by atoms with van der Waals surface area (Å²) in [5, 5.41) is 0. The summed E-state index contributed by atoms with van der Waals surface area (Å²) in [7, 11) is 0. The number of hydrogen-bond donors (Lipinski definition) is 0. The van der Waals surface area contributed by atoms with E-state index in [4.69, 9.17) is 0 Å². The smallest absolute Gasteiger partial charge is 0.133 e. The minimum Gasteiger partial charge on any atom is -0.300 e. The van der Waals surface area contributed by atoms with Crippen molar-refractivity contribution in [2.45, 2.75) is 99.3 Å². The minimum absolute atomic E-state index is 0.291. The summed E-state index contributed by atoms with van der Waals surface area (Å²) in [5.41, 5.74) is 0.291. The van der Waals surface area contributed by atoms with Crippen molar-refractivity contribution in [3.05, 3.63) is 0 Å². The highest BCUT2D eigenvalue weighted by Crippen LogP contribution is 2.59. The molecule has 2 aliphatic rings. The van der Waals surface area contributed by atoms with Gasteiger partial charge in [0.05, 0.1) is 0 Å². The molecule has 0 radical (unpaired) electrons. The molecule has 140 valence electrons. The van der Waals surface area contributed by atoms with E-state index in [2.05, 4.69) is 34.6 Å². The van der Waals surface area contributed by atoms with Crippen LogP contribution in [-0.2, 0) is 4.79 Å². The molecule has 1 nitrogen and oxygen atoms in total. The summed E-state index contributed by atoms with van der Waals surface area (Å²) >= 11 is 0. The second-order valence-electron chi connectivity index (χ2n) is 9.78. The zero-order valence-electron chi connectivity index (χ0n) is 17.2. The first-order valence-corrected chi connectivity index (χ1v) is 10.8. The standard InChI is InChI=1S/C23H42O/c1-7-19-20(17(4)11-8-10-16(2)3)14-15-23(6)21(18(5)24)12-9-13-22(19)23/h16-17,19-22H,7-15H2,1-6H3. The summed E-state index contributed by atoms with van der Waals surface area (Å²) in [6.07, 6.45) is 11.9. The normalized spacial score (nSPS) is 38.0. The van der Waals surface area contributed by atoms with Gasteiger partial charge < -0.3 is 0 Å². The van der Waals surface area contributed by atoms with Crippen molar-refractivity contribution in [1.29, 1.82) is 0 Å². The molecule has 2 aliphatic carbocycles. The molecule has 6 atom stereocenters. The summed E-state index contributed by atoms with van der Waals surface area (Å²) in [4.78, 5) is 12.3. The average molecular weight is 335 g/mol. The highest BCUT2D eigenvalue weighted by molar-refractivity contribution is 5.79. The molecule has 0 bridgehead atoms. The van der Waals surface area contributed by atoms with Crippen molar-refractivity contribution in [3.63, 3.8) is 0 Å². The van der Waals surface area contributed by atoms with Gasteiger partial charge in [-0.1, -0.05) is 66.7 Å². The van der Waals surface area contributed by atoms with E-state index in [1.807, 2.05) is 6.92 Å². The van der Waals surface area contributed by atoms with Crippen LogP contribution in [0.4, 0.5) is 0 Å². The molecule has 0 heterocycles. The van der Waals surface area contributed by atoms with E-state index in [1.54, 1.807) is 0 Å². The van der Waals surface area contributed by atoms with Gasteiger partial charge in [-0.2, -0.15) is 0 Å². The lowest BCUT2D eigenvalue weighted by molar-refractivity contribution is -0.136. The molecule has 24 heavy (non-hydrogen) atoms. The maximum absolute atomic E-state index is 12.3. The van der Waals surface area contributed by atoms with E-state index >= 15 is 0 Å². The Labute approximate surface area is 151 Å². The number of Topliss-reactive ketones (excluding diaryl/α,β-unsaturated/α-hetero) is 1. The molecule has 0 amide bonds. The lowest BCUT2D eigenvalue weighted by Gasteiger charge is -2.56. The lowest BCUT2D eigenvalue weighted by Crippen LogP contribution is -2.50. The zero-order chi connectivity index (χ0) is 17.9. The van der Waals surface area contributed by atoms with Gasteiger partial charge in [0.25, 0.3) is 0 Å². The Morgan fingerprint density at radius 2 is 1.83 bits per heavy atom. The van der Waals surface area contributed by atoms with Gasteiger partial charge >= 0.3 is 0 Å². The fourth-order valence-electron chi connectivity index (χ4n) is 6.54. The van der Waals surface area contributed by atoms with Gasteiger partial charge in [-0.25, -0.2) is 0 Å². The van der Waals surface area contributed by atoms with Crippen LogP contribution < -0.4 is 0 Å². The molecule has 0 spiro atoms. The van der Waals surface area contributed by atoms with E-state index in [9.17, 15) is 4.79 Å². The minimum atomic E-state index is 0.291. The van der Waals surface area contributed by atoms with E-state index in [1.165, 1.54) is 51.4 Å². The summed E-state index contributed by atoms with van der Waals surface area (Å²) < 4.78 is 0. The lowest BCUT2D eigenvalue weighted by atomic mass is 9.48. The monoisotopic (exact) mass is 334 g/mol. The molecule has 2 fully saturated rings. The predicted octanol–water partition coefficient (Wildman–Crippen LogP) is 6.90. The van der Waals surface area contributed by atoms with Gasteiger partial charge in [-0.05, 0) is 67.6 Å². The number of ketones is 1. The number of carbonyl (C=O) groups is 1. The molecule has 0 N–H and O–H groups in total. The molecule has 0 aromatic carbocycles. The third kappa shape index (κ3) is 4.07. The van der Waals surface area contributed by atoms with Crippen molar-refractivity contribution in [2.75, 3.05) is 0 Å². The van der Waals surface area contributed by atoms with Gasteiger partial charge in [0, 0.05) is 5.92 Å². The first kappa shape index (κ1) is 20.0. The Bertz CT molecular complexity index is 412. The van der Waals surface area contributed by atoms with Gasteiger partial charge in [-0.15, -0.1) is 0 Å². The largest absolute Gasteiger partial charge is 0.300 e. The van der Waals surface area contributed by atoms with Crippen molar-refractivity contribution >= 4 is 5.78 Å². The van der Waals surface area contributed by atoms with Crippen LogP contribution in [0.2, 0.25) is 0 Å². The van der Waals surface area contributed by atoms with E-state index in [0.717, 1.165) is 36.0 Å². The fraction of sp³-hybridized carbons (Fsp3) is 0.957. The quantitative estimate of drug-likeness (QED) is 0.495. The summed E-state index contributed by atoms with van der Waals surface area (Å²) in [5.74, 6) is 5.02. The van der Waals surface area contributed by atoms with Crippen LogP contribution in [0.5, 0.6) is 0 Å². The molecule has 0 aromatic rings. The van der Waals surface area contributed by atoms with Crippen LogP contribution in [0, 0.1) is 40.9 Å². The third-order valence-corrected chi connectivity index (χ3v) is 7.87. The first-order valence-electron chi connectivity index (χ1n) is 10.8. The molecular formula is C23H42O. The molecule has 6 unspecified atom stereocenters. The zero-order valence-corrected chi connectivity index (χ0v) is 17.2. The maximum Gasteiger partial charge on any atom is 0.133 e. The topological polar surface area (TPSA) is 17.1 Å². The second-order valence-corrected chi connectivity index (χ2v) is 9.78. The Morgan fingerprint density at radius 1 is 1.12 bits per heavy atom. The second kappa shape index (κ2) is 8.37. The number of hydrogen-bond acceptors (Lipinski definition) is 1. The van der Waals surface area contributed by atoms with Crippen molar-refractivity contribution in [3.8, 4) is 0 Å². The van der Waals surface area contributed by atoms with Crippen LogP contribution >= 0.6 is 0 Å². The van der Waals surface area contributed by atoms with Crippen LogP contribution in [0.15, 0.2) is 0 Å². The molecular weight excluding hydrogens is 292 g/mol. The Kier molecular flexibility index (Phi) is 6.97. The van der Waals surface area contributed by atoms with Gasteiger partial charge in [0.15, 0.2) is 0 Å². The maximum atomic E-state index is 12.3. The molecule has 1 heteroatoms. The van der Waals surface area contributed by atoms with Gasteiger partial charge in [-0.3, -0.25) is 4.79 Å². The highest BCUT2D eigenvalue weighted by Gasteiger charge is 2.52. The van der Waals surface area contributed by atoms with E-state index in [0.29, 0.717) is 17.1 Å². The van der Waals surface area contributed by atoms with Gasteiger partial charge in [0.1, 0.15) is 5.78 Å². The third-order valence-electron chi connectivity index (χ3n) is 7.87. The van der Waals surface area contributed by atoms with E-state index in [-0.39, 0.29) is 0 Å². The average Bonchev–Trinajstić information content (AvgIpc) is 2.51. The summed E-state index contributed by atoms with van der Waals surface area (Å²) in [6, 6.07) is 0. The van der Waals surface area contributed by atoms with E-state index < -0.39 is 0 Å². The molecule has 0 aliphatic heterocycles. The predicted molar refractivity (Wildman–Crippen MR) is 104 cm³/mol. The number of rotatable bonds is 7. The first-order chi connectivity index (χ1) is 11.3. The van der Waals surface area contributed by atoms with Crippen molar-refractivity contribution in [1.82, 2.24) is 0 Å². The number of fused-ring (bicyclic) bond motifs is 1.